The number of esters is 1. The number of carbonyl (C=O) groups excluding carboxylic acids is 1. The molecule has 0 spiro atoms. The van der Waals surface area contributed by atoms with E-state index in [4.69, 9.17) is 21.1 Å². The molecule has 0 atom stereocenters. The van der Waals surface area contributed by atoms with Crippen LogP contribution in [0.2, 0.25) is 4.34 Å². The van der Waals surface area contributed by atoms with E-state index < -0.39 is 0 Å². The minimum Gasteiger partial charge on any atom is -0.488 e. The van der Waals surface area contributed by atoms with Crippen LogP contribution in [0.15, 0.2) is 6.07 Å². The van der Waals surface area contributed by atoms with Gasteiger partial charge in [-0.15, -0.1) is 11.3 Å². The van der Waals surface area contributed by atoms with E-state index >= 15 is 0 Å². The van der Waals surface area contributed by atoms with Gasteiger partial charge < -0.3 is 14.4 Å². The van der Waals surface area contributed by atoms with Crippen molar-refractivity contribution < 1.29 is 14.3 Å². The van der Waals surface area contributed by atoms with Crippen LogP contribution >= 0.6 is 22.9 Å². The molecule has 20 heavy (non-hydrogen) atoms. The first-order valence-corrected chi connectivity index (χ1v) is 8.15. The Morgan fingerprint density at radius 2 is 2.05 bits per heavy atom. The zero-order chi connectivity index (χ0) is 14.1. The molecule has 2 heterocycles. The van der Waals surface area contributed by atoms with Gasteiger partial charge in [-0.1, -0.05) is 11.6 Å². The van der Waals surface area contributed by atoms with Gasteiger partial charge in [0, 0.05) is 25.2 Å². The van der Waals surface area contributed by atoms with Gasteiger partial charge in [-0.2, -0.15) is 0 Å². The molecule has 0 bridgehead atoms. The maximum absolute atomic E-state index is 11.7. The largest absolute Gasteiger partial charge is 0.488 e. The van der Waals surface area contributed by atoms with E-state index in [0.29, 0.717) is 15.0 Å². The van der Waals surface area contributed by atoms with Gasteiger partial charge in [0.25, 0.3) is 0 Å². The van der Waals surface area contributed by atoms with E-state index in [2.05, 4.69) is 4.90 Å². The lowest BCUT2D eigenvalue weighted by Crippen LogP contribution is -2.39. The predicted molar refractivity (Wildman–Crippen MR) is 78.9 cm³/mol. The molecule has 0 radical (unpaired) electrons. The third-order valence-corrected chi connectivity index (χ3v) is 5.10. The molecule has 1 saturated carbocycles. The molecule has 0 amide bonds. The van der Waals surface area contributed by atoms with Crippen LogP contribution in [0, 0.1) is 0 Å². The quantitative estimate of drug-likeness (QED) is 0.800. The SMILES string of the molecule is COC(=O)c1sc(Cl)cc1OC1CCN(C2CC2)CC1. The second-order valence-corrected chi connectivity index (χ2v) is 7.00. The average molecular weight is 316 g/mol. The third kappa shape index (κ3) is 3.10. The molecule has 1 aromatic heterocycles. The minimum absolute atomic E-state index is 0.166. The van der Waals surface area contributed by atoms with Crippen molar-refractivity contribution >= 4 is 28.9 Å². The van der Waals surface area contributed by atoms with E-state index in [1.54, 1.807) is 6.07 Å². The number of hydrogen-bond donors (Lipinski definition) is 0. The number of methoxy groups -OCH3 is 1. The summed E-state index contributed by atoms with van der Waals surface area (Å²) in [4.78, 5) is 14.7. The molecule has 1 aliphatic carbocycles. The Bertz CT molecular complexity index is 493. The fraction of sp³-hybridized carbons (Fsp3) is 0.643. The molecule has 1 saturated heterocycles. The predicted octanol–water partition coefficient (Wildman–Crippen LogP) is 3.19. The van der Waals surface area contributed by atoms with Gasteiger partial charge in [0.2, 0.25) is 0 Å². The van der Waals surface area contributed by atoms with Gasteiger partial charge >= 0.3 is 5.97 Å². The van der Waals surface area contributed by atoms with Crippen molar-refractivity contribution in [2.75, 3.05) is 20.2 Å². The molecule has 0 N–H and O–H groups in total. The molecule has 3 rings (SSSR count). The van der Waals surface area contributed by atoms with Crippen LogP contribution in [0.3, 0.4) is 0 Å². The highest BCUT2D eigenvalue weighted by Crippen LogP contribution is 2.36. The molecule has 2 aliphatic rings. The van der Waals surface area contributed by atoms with Crippen molar-refractivity contribution in [3.05, 3.63) is 15.3 Å². The van der Waals surface area contributed by atoms with Crippen LogP contribution in [0.25, 0.3) is 0 Å². The van der Waals surface area contributed by atoms with E-state index in [-0.39, 0.29) is 12.1 Å². The highest BCUT2D eigenvalue weighted by atomic mass is 35.5. The van der Waals surface area contributed by atoms with Crippen LogP contribution in [0.4, 0.5) is 0 Å². The van der Waals surface area contributed by atoms with Gasteiger partial charge in [0.05, 0.1) is 11.4 Å². The number of likely N-dealkylation sites (tertiary alicyclic amines) is 1. The van der Waals surface area contributed by atoms with Crippen molar-refractivity contribution in [3.63, 3.8) is 0 Å². The molecular formula is C14H18ClNO3S. The molecule has 2 fully saturated rings. The maximum atomic E-state index is 11.7. The van der Waals surface area contributed by atoms with Crippen LogP contribution in [-0.4, -0.2) is 43.2 Å². The number of halogens is 1. The van der Waals surface area contributed by atoms with Crippen LogP contribution < -0.4 is 4.74 Å². The number of nitrogens with zero attached hydrogens (tertiary/aromatic N) is 1. The number of hydrogen-bond acceptors (Lipinski definition) is 5. The number of piperidine rings is 1. The first kappa shape index (κ1) is 14.2. The molecule has 0 aromatic carbocycles. The van der Waals surface area contributed by atoms with Crippen molar-refractivity contribution in [3.8, 4) is 5.75 Å². The fourth-order valence-corrected chi connectivity index (χ4v) is 3.71. The Morgan fingerprint density at radius 1 is 1.35 bits per heavy atom. The first-order valence-electron chi connectivity index (χ1n) is 6.95. The van der Waals surface area contributed by atoms with Crippen molar-refractivity contribution in [1.29, 1.82) is 0 Å². The van der Waals surface area contributed by atoms with Crippen LogP contribution in [0.1, 0.15) is 35.4 Å². The van der Waals surface area contributed by atoms with E-state index in [0.717, 1.165) is 32.0 Å². The first-order chi connectivity index (χ1) is 9.67. The van der Waals surface area contributed by atoms with Gasteiger partial charge in [-0.3, -0.25) is 0 Å². The summed E-state index contributed by atoms with van der Waals surface area (Å²) < 4.78 is 11.3. The average Bonchev–Trinajstić information content (AvgIpc) is 3.23. The molecule has 1 aromatic rings. The normalized spacial score (nSPS) is 20.9. The fourth-order valence-electron chi connectivity index (χ4n) is 2.65. The third-order valence-electron chi connectivity index (χ3n) is 3.87. The Labute approximate surface area is 127 Å². The standard InChI is InChI=1S/C14H18ClNO3S/c1-18-14(17)13-11(8-12(15)20-13)19-10-4-6-16(7-5-10)9-2-3-9/h8-10H,2-7H2,1H3. The molecule has 4 nitrogen and oxygen atoms in total. The summed E-state index contributed by atoms with van der Waals surface area (Å²) in [5, 5.41) is 0. The van der Waals surface area contributed by atoms with Gasteiger partial charge in [0.15, 0.2) is 4.88 Å². The summed E-state index contributed by atoms with van der Waals surface area (Å²) in [6, 6.07) is 2.53. The number of thiophene rings is 1. The minimum atomic E-state index is -0.382. The summed E-state index contributed by atoms with van der Waals surface area (Å²) in [5.41, 5.74) is 0. The number of ether oxygens (including phenoxy) is 2. The monoisotopic (exact) mass is 315 g/mol. The van der Waals surface area contributed by atoms with Crippen LogP contribution in [-0.2, 0) is 4.74 Å². The summed E-state index contributed by atoms with van der Waals surface area (Å²) in [5.74, 6) is 0.184. The highest BCUT2D eigenvalue weighted by molar-refractivity contribution is 7.18. The van der Waals surface area contributed by atoms with E-state index in [1.807, 2.05) is 0 Å². The number of rotatable bonds is 4. The maximum Gasteiger partial charge on any atom is 0.351 e. The molecular weight excluding hydrogens is 298 g/mol. The van der Waals surface area contributed by atoms with Crippen LogP contribution in [0.5, 0.6) is 5.75 Å². The zero-order valence-corrected chi connectivity index (χ0v) is 13.0. The van der Waals surface area contributed by atoms with Gasteiger partial charge in [-0.05, 0) is 25.7 Å². The number of carbonyl (C=O) groups is 1. The lowest BCUT2D eigenvalue weighted by atomic mass is 10.1. The lowest BCUT2D eigenvalue weighted by molar-refractivity contribution is 0.0590. The highest BCUT2D eigenvalue weighted by Gasteiger charge is 2.32. The summed E-state index contributed by atoms with van der Waals surface area (Å²) in [6.45, 7) is 2.17. The second-order valence-electron chi connectivity index (χ2n) is 5.32. The Balaban J connectivity index is 1.61. The van der Waals surface area contributed by atoms with Gasteiger partial charge in [0.1, 0.15) is 11.9 Å². The van der Waals surface area contributed by atoms with E-state index in [1.165, 1.54) is 31.3 Å². The molecule has 6 heteroatoms. The molecule has 110 valence electrons. The molecule has 1 aliphatic heterocycles. The lowest BCUT2D eigenvalue weighted by Gasteiger charge is -2.32. The van der Waals surface area contributed by atoms with Crippen molar-refractivity contribution in [2.24, 2.45) is 0 Å². The Hall–Kier alpha value is -0.780. The van der Waals surface area contributed by atoms with Crippen molar-refractivity contribution in [2.45, 2.75) is 37.8 Å². The smallest absolute Gasteiger partial charge is 0.351 e. The summed E-state index contributed by atoms with van der Waals surface area (Å²) >= 11 is 7.19. The Morgan fingerprint density at radius 3 is 2.65 bits per heavy atom. The topological polar surface area (TPSA) is 38.8 Å². The van der Waals surface area contributed by atoms with Gasteiger partial charge in [-0.25, -0.2) is 4.79 Å². The van der Waals surface area contributed by atoms with Crippen molar-refractivity contribution in [1.82, 2.24) is 4.90 Å². The summed E-state index contributed by atoms with van der Waals surface area (Å²) in [7, 11) is 1.37. The second kappa shape index (κ2) is 5.92. The zero-order valence-electron chi connectivity index (χ0n) is 11.4. The molecule has 0 unspecified atom stereocenters. The van der Waals surface area contributed by atoms with E-state index in [9.17, 15) is 4.79 Å². The Kier molecular flexibility index (Phi) is 4.19. The summed E-state index contributed by atoms with van der Waals surface area (Å²) in [6.07, 6.45) is 4.87.